The van der Waals surface area contributed by atoms with Crippen molar-refractivity contribution in [1.82, 2.24) is 15.2 Å². The fourth-order valence-corrected chi connectivity index (χ4v) is 4.82. The molecule has 28 heavy (non-hydrogen) atoms. The van der Waals surface area contributed by atoms with Crippen LogP contribution in [0.4, 0.5) is 10.9 Å². The molecule has 1 aromatic heterocycles. The van der Waals surface area contributed by atoms with Crippen molar-refractivity contribution in [3.63, 3.8) is 0 Å². The van der Waals surface area contributed by atoms with E-state index in [2.05, 4.69) is 20.5 Å². The standard InChI is InChI=1S/C19H27N5O3S/c1-12(25)20-16-15(18(27)23-8-2-3-9-23)28-19(22-16)24-10-6-13(7-11-24)17(26)21-14-4-5-14/h13-14H,2-11H2,1H3,(H,20,25)(H,21,26). The molecule has 152 valence electrons. The Labute approximate surface area is 168 Å². The lowest BCUT2D eigenvalue weighted by Crippen LogP contribution is -2.41. The number of rotatable bonds is 5. The van der Waals surface area contributed by atoms with Gasteiger partial charge in [-0.1, -0.05) is 11.3 Å². The number of piperidine rings is 1. The number of amides is 3. The molecule has 3 heterocycles. The number of aromatic nitrogens is 1. The van der Waals surface area contributed by atoms with Crippen molar-refractivity contribution in [2.75, 3.05) is 36.4 Å². The van der Waals surface area contributed by atoms with E-state index in [1.54, 1.807) is 0 Å². The zero-order chi connectivity index (χ0) is 19.7. The summed E-state index contributed by atoms with van der Waals surface area (Å²) in [6.07, 6.45) is 5.80. The minimum absolute atomic E-state index is 0.0521. The van der Waals surface area contributed by atoms with Crippen LogP contribution >= 0.6 is 11.3 Å². The topological polar surface area (TPSA) is 94.6 Å². The predicted octanol–water partition coefficient (Wildman–Crippen LogP) is 1.83. The highest BCUT2D eigenvalue weighted by atomic mass is 32.1. The normalized spacial score (nSPS) is 20.3. The van der Waals surface area contributed by atoms with Gasteiger partial charge in [0, 0.05) is 45.1 Å². The third kappa shape index (κ3) is 4.29. The van der Waals surface area contributed by atoms with Crippen molar-refractivity contribution in [1.29, 1.82) is 0 Å². The van der Waals surface area contributed by atoms with Crippen LogP contribution in [0.15, 0.2) is 0 Å². The molecule has 8 nitrogen and oxygen atoms in total. The number of hydrogen-bond donors (Lipinski definition) is 2. The first kappa shape index (κ1) is 19.2. The summed E-state index contributed by atoms with van der Waals surface area (Å²) < 4.78 is 0. The second kappa shape index (κ2) is 8.06. The summed E-state index contributed by atoms with van der Waals surface area (Å²) in [5.74, 6) is 0.298. The van der Waals surface area contributed by atoms with Gasteiger partial charge in [-0.15, -0.1) is 0 Å². The largest absolute Gasteiger partial charge is 0.353 e. The Hall–Kier alpha value is -2.16. The van der Waals surface area contributed by atoms with E-state index in [9.17, 15) is 14.4 Å². The lowest BCUT2D eigenvalue weighted by atomic mass is 9.96. The fraction of sp³-hybridized carbons (Fsp3) is 0.684. The maximum atomic E-state index is 12.9. The third-order valence-electron chi connectivity index (χ3n) is 5.56. The van der Waals surface area contributed by atoms with Crippen molar-refractivity contribution in [2.24, 2.45) is 5.92 Å². The van der Waals surface area contributed by atoms with Gasteiger partial charge in [-0.2, -0.15) is 0 Å². The summed E-state index contributed by atoms with van der Waals surface area (Å²) in [5, 5.41) is 6.55. The van der Waals surface area contributed by atoms with Gasteiger partial charge in [-0.25, -0.2) is 4.98 Å². The molecule has 0 aromatic carbocycles. The van der Waals surface area contributed by atoms with E-state index in [4.69, 9.17) is 0 Å². The Balaban J connectivity index is 1.44. The van der Waals surface area contributed by atoms with Gasteiger partial charge in [0.05, 0.1) is 0 Å². The molecular formula is C19H27N5O3S. The maximum absolute atomic E-state index is 12.9. The van der Waals surface area contributed by atoms with Crippen LogP contribution in [0, 0.1) is 5.92 Å². The van der Waals surface area contributed by atoms with Gasteiger partial charge in [0.1, 0.15) is 4.88 Å². The molecule has 1 aliphatic carbocycles. The first-order valence-corrected chi connectivity index (χ1v) is 11.0. The summed E-state index contributed by atoms with van der Waals surface area (Å²) in [4.78, 5) is 45.7. The molecule has 2 N–H and O–H groups in total. The van der Waals surface area contributed by atoms with Gasteiger partial charge >= 0.3 is 0 Å². The van der Waals surface area contributed by atoms with Crippen LogP contribution in [-0.2, 0) is 9.59 Å². The molecule has 0 radical (unpaired) electrons. The highest BCUT2D eigenvalue weighted by molar-refractivity contribution is 7.18. The average molecular weight is 406 g/mol. The Kier molecular flexibility index (Phi) is 5.52. The second-order valence-corrected chi connectivity index (χ2v) is 8.88. The lowest BCUT2D eigenvalue weighted by molar-refractivity contribution is -0.125. The SMILES string of the molecule is CC(=O)Nc1nc(N2CCC(C(=O)NC3CC3)CC2)sc1C(=O)N1CCCC1. The molecule has 0 spiro atoms. The van der Waals surface area contributed by atoms with E-state index < -0.39 is 0 Å². The Morgan fingerprint density at radius 3 is 2.32 bits per heavy atom. The Bertz CT molecular complexity index is 762. The molecule has 3 amide bonds. The Morgan fingerprint density at radius 2 is 1.71 bits per heavy atom. The van der Waals surface area contributed by atoms with E-state index >= 15 is 0 Å². The highest BCUT2D eigenvalue weighted by Crippen LogP contribution is 2.34. The number of carbonyl (C=O) groups excluding carboxylic acids is 3. The zero-order valence-corrected chi connectivity index (χ0v) is 17.0. The number of likely N-dealkylation sites (tertiary alicyclic amines) is 1. The summed E-state index contributed by atoms with van der Waals surface area (Å²) in [5.41, 5.74) is 0. The number of anilines is 2. The van der Waals surface area contributed by atoms with Crippen molar-refractivity contribution in [3.8, 4) is 0 Å². The highest BCUT2D eigenvalue weighted by Gasteiger charge is 2.32. The van der Waals surface area contributed by atoms with E-state index in [-0.39, 0.29) is 23.6 Å². The molecule has 9 heteroatoms. The average Bonchev–Trinajstić information content (AvgIpc) is 3.17. The summed E-state index contributed by atoms with van der Waals surface area (Å²) in [7, 11) is 0. The first-order chi connectivity index (χ1) is 13.5. The third-order valence-corrected chi connectivity index (χ3v) is 6.66. The van der Waals surface area contributed by atoms with Crippen LogP contribution in [0.3, 0.4) is 0 Å². The van der Waals surface area contributed by atoms with Crippen LogP contribution in [0.5, 0.6) is 0 Å². The minimum Gasteiger partial charge on any atom is -0.353 e. The zero-order valence-electron chi connectivity index (χ0n) is 16.2. The van der Waals surface area contributed by atoms with Gasteiger partial charge in [0.15, 0.2) is 10.9 Å². The molecule has 0 unspecified atom stereocenters. The minimum atomic E-state index is -0.234. The maximum Gasteiger partial charge on any atom is 0.267 e. The first-order valence-electron chi connectivity index (χ1n) is 10.1. The molecule has 1 saturated carbocycles. The quantitative estimate of drug-likeness (QED) is 0.779. The van der Waals surface area contributed by atoms with Gasteiger partial charge in [0.2, 0.25) is 11.8 Å². The van der Waals surface area contributed by atoms with Crippen LogP contribution in [-0.4, -0.2) is 59.8 Å². The number of nitrogens with zero attached hydrogens (tertiary/aromatic N) is 3. The van der Waals surface area contributed by atoms with Crippen molar-refractivity contribution >= 4 is 40.0 Å². The van der Waals surface area contributed by atoms with E-state index in [1.165, 1.54) is 18.3 Å². The number of carbonyl (C=O) groups is 3. The number of thiazole rings is 1. The van der Waals surface area contributed by atoms with Crippen LogP contribution < -0.4 is 15.5 Å². The van der Waals surface area contributed by atoms with Gasteiger partial charge in [-0.05, 0) is 38.5 Å². The van der Waals surface area contributed by atoms with Crippen molar-refractivity contribution in [2.45, 2.75) is 51.5 Å². The molecule has 2 saturated heterocycles. The molecule has 3 aliphatic rings. The van der Waals surface area contributed by atoms with Crippen LogP contribution in [0.1, 0.15) is 55.1 Å². The summed E-state index contributed by atoms with van der Waals surface area (Å²) in [6, 6.07) is 0.392. The van der Waals surface area contributed by atoms with Crippen LogP contribution in [0.25, 0.3) is 0 Å². The smallest absolute Gasteiger partial charge is 0.267 e. The molecule has 0 atom stereocenters. The molecule has 0 bridgehead atoms. The number of hydrogen-bond acceptors (Lipinski definition) is 6. The van der Waals surface area contributed by atoms with E-state index in [0.29, 0.717) is 16.7 Å². The molecule has 2 aliphatic heterocycles. The summed E-state index contributed by atoms with van der Waals surface area (Å²) in [6.45, 7) is 4.40. The van der Waals surface area contributed by atoms with Gasteiger partial charge in [0.25, 0.3) is 5.91 Å². The number of nitrogens with one attached hydrogen (secondary N) is 2. The molecule has 4 rings (SSSR count). The monoisotopic (exact) mass is 405 g/mol. The molecular weight excluding hydrogens is 378 g/mol. The predicted molar refractivity (Wildman–Crippen MR) is 108 cm³/mol. The van der Waals surface area contributed by atoms with Crippen LogP contribution in [0.2, 0.25) is 0 Å². The molecule has 3 fully saturated rings. The van der Waals surface area contributed by atoms with Gasteiger partial charge < -0.3 is 20.4 Å². The summed E-state index contributed by atoms with van der Waals surface area (Å²) >= 11 is 1.34. The lowest BCUT2D eigenvalue weighted by Gasteiger charge is -2.31. The van der Waals surface area contributed by atoms with Crippen molar-refractivity contribution < 1.29 is 14.4 Å². The molecule has 1 aromatic rings. The van der Waals surface area contributed by atoms with E-state index in [1.807, 2.05) is 4.90 Å². The fourth-order valence-electron chi connectivity index (χ4n) is 3.78. The van der Waals surface area contributed by atoms with Crippen molar-refractivity contribution in [3.05, 3.63) is 4.88 Å². The van der Waals surface area contributed by atoms with Gasteiger partial charge in [-0.3, -0.25) is 14.4 Å². The second-order valence-electron chi connectivity index (χ2n) is 7.90. The van der Waals surface area contributed by atoms with E-state index in [0.717, 1.165) is 69.8 Å². The Morgan fingerprint density at radius 1 is 1.04 bits per heavy atom.